The third-order valence-corrected chi connectivity index (χ3v) is 5.89. The number of nitro groups is 1. The van der Waals surface area contributed by atoms with Gasteiger partial charge < -0.3 is 5.32 Å². The van der Waals surface area contributed by atoms with Crippen LogP contribution in [0.1, 0.15) is 11.6 Å². The summed E-state index contributed by atoms with van der Waals surface area (Å²) in [6.07, 6.45) is 0. The molecule has 122 valence electrons. The maximum absolute atomic E-state index is 11.4. The largest absolute Gasteiger partial charge is 0.360 e. The summed E-state index contributed by atoms with van der Waals surface area (Å²) in [5.74, 6) is 0.0990. The van der Waals surface area contributed by atoms with Crippen LogP contribution in [0.4, 0.5) is 11.5 Å². The maximum atomic E-state index is 11.4. The molecule has 1 aromatic heterocycles. The zero-order valence-corrected chi connectivity index (χ0v) is 14.2. The van der Waals surface area contributed by atoms with Gasteiger partial charge in [-0.1, -0.05) is 30.3 Å². The van der Waals surface area contributed by atoms with Crippen molar-refractivity contribution >= 4 is 37.3 Å². The Morgan fingerprint density at radius 2 is 2.00 bits per heavy atom. The fraction of sp³-hybridized carbons (Fsp3) is 0.308. The number of halogens is 1. The van der Waals surface area contributed by atoms with Gasteiger partial charge in [-0.15, -0.1) is 0 Å². The van der Waals surface area contributed by atoms with E-state index in [4.69, 9.17) is 0 Å². The number of sulfone groups is 1. The first kappa shape index (κ1) is 15.9. The van der Waals surface area contributed by atoms with Crippen molar-refractivity contribution in [1.82, 2.24) is 9.78 Å². The second-order valence-corrected chi connectivity index (χ2v) is 8.16. The van der Waals surface area contributed by atoms with Gasteiger partial charge in [-0.25, -0.2) is 13.1 Å². The summed E-state index contributed by atoms with van der Waals surface area (Å²) < 4.78 is 24.2. The van der Waals surface area contributed by atoms with Crippen LogP contribution in [0.2, 0.25) is 0 Å². The average molecular weight is 401 g/mol. The minimum Gasteiger partial charge on any atom is -0.360 e. The Bertz CT molecular complexity index is 838. The zero-order chi connectivity index (χ0) is 16.6. The first-order valence-electron chi connectivity index (χ1n) is 6.78. The van der Waals surface area contributed by atoms with E-state index in [0.29, 0.717) is 6.54 Å². The standard InChI is InChI=1S/C13H13BrN4O4S/c14-12-11(18(19)20)13(15-6-9-4-2-1-3-5-9)17(16-12)10-7-23(21,22)8-10/h1-5,10,15H,6-8H2. The van der Waals surface area contributed by atoms with Crippen molar-refractivity contribution in [2.24, 2.45) is 0 Å². The molecule has 0 bridgehead atoms. The zero-order valence-electron chi connectivity index (χ0n) is 11.8. The predicted octanol–water partition coefficient (Wildman–Crippen LogP) is 2.14. The highest BCUT2D eigenvalue weighted by Gasteiger charge is 2.39. The van der Waals surface area contributed by atoms with Gasteiger partial charge in [0.05, 0.1) is 22.5 Å². The van der Waals surface area contributed by atoms with Gasteiger partial charge in [0.15, 0.2) is 9.84 Å². The molecule has 8 nitrogen and oxygen atoms in total. The topological polar surface area (TPSA) is 107 Å². The molecule has 0 amide bonds. The van der Waals surface area contributed by atoms with Crippen LogP contribution in [0.15, 0.2) is 34.9 Å². The Morgan fingerprint density at radius 1 is 1.35 bits per heavy atom. The second kappa shape index (κ2) is 5.93. The molecule has 1 aromatic carbocycles. The molecule has 0 saturated carbocycles. The van der Waals surface area contributed by atoms with Gasteiger partial charge in [-0.3, -0.25) is 10.1 Å². The summed E-state index contributed by atoms with van der Waals surface area (Å²) in [4.78, 5) is 10.8. The lowest BCUT2D eigenvalue weighted by Gasteiger charge is -2.27. The van der Waals surface area contributed by atoms with Crippen LogP contribution in [0, 0.1) is 10.1 Å². The monoisotopic (exact) mass is 400 g/mol. The number of benzene rings is 1. The van der Waals surface area contributed by atoms with Crippen molar-refractivity contribution in [1.29, 1.82) is 0 Å². The Labute approximate surface area is 140 Å². The first-order chi connectivity index (χ1) is 10.9. The Morgan fingerprint density at radius 3 is 2.57 bits per heavy atom. The number of rotatable bonds is 5. The number of aromatic nitrogens is 2. The molecule has 1 N–H and O–H groups in total. The van der Waals surface area contributed by atoms with Crippen LogP contribution < -0.4 is 5.32 Å². The maximum Gasteiger partial charge on any atom is 0.345 e. The van der Waals surface area contributed by atoms with Crippen molar-refractivity contribution in [2.45, 2.75) is 12.6 Å². The molecule has 3 rings (SSSR count). The van der Waals surface area contributed by atoms with E-state index in [-0.39, 0.29) is 33.7 Å². The fourth-order valence-corrected chi connectivity index (χ4v) is 4.31. The van der Waals surface area contributed by atoms with Crippen LogP contribution in [-0.2, 0) is 16.4 Å². The van der Waals surface area contributed by atoms with Gasteiger partial charge in [0, 0.05) is 6.54 Å². The molecule has 1 aliphatic heterocycles. The van der Waals surface area contributed by atoms with Crippen LogP contribution in [0.5, 0.6) is 0 Å². The molecule has 1 fully saturated rings. The second-order valence-electron chi connectivity index (χ2n) is 5.26. The summed E-state index contributed by atoms with van der Waals surface area (Å²) in [5, 5.41) is 18.4. The lowest BCUT2D eigenvalue weighted by Crippen LogP contribution is -2.39. The molecule has 0 aliphatic carbocycles. The predicted molar refractivity (Wildman–Crippen MR) is 88.0 cm³/mol. The van der Waals surface area contributed by atoms with E-state index in [1.165, 1.54) is 4.68 Å². The van der Waals surface area contributed by atoms with E-state index < -0.39 is 14.8 Å². The van der Waals surface area contributed by atoms with Crippen molar-refractivity contribution < 1.29 is 13.3 Å². The van der Waals surface area contributed by atoms with Crippen LogP contribution in [0.25, 0.3) is 0 Å². The Hall–Kier alpha value is -1.94. The van der Waals surface area contributed by atoms with Gasteiger partial charge in [-0.2, -0.15) is 5.10 Å². The molecule has 1 aliphatic rings. The van der Waals surface area contributed by atoms with E-state index in [2.05, 4.69) is 26.3 Å². The van der Waals surface area contributed by atoms with Crippen molar-refractivity contribution in [2.75, 3.05) is 16.8 Å². The van der Waals surface area contributed by atoms with Gasteiger partial charge in [0.2, 0.25) is 10.4 Å². The molecule has 1 saturated heterocycles. The minimum atomic E-state index is -3.06. The van der Waals surface area contributed by atoms with E-state index in [0.717, 1.165) is 5.56 Å². The van der Waals surface area contributed by atoms with Gasteiger partial charge in [0.1, 0.15) is 0 Å². The van der Waals surface area contributed by atoms with Gasteiger partial charge in [0.25, 0.3) is 0 Å². The first-order valence-corrected chi connectivity index (χ1v) is 9.39. The van der Waals surface area contributed by atoms with E-state index in [1.54, 1.807) is 0 Å². The SMILES string of the molecule is O=[N+]([O-])c1c(Br)nn(C2CS(=O)(=O)C2)c1NCc1ccccc1. The molecule has 0 atom stereocenters. The average Bonchev–Trinajstić information content (AvgIpc) is 2.80. The number of hydrogen-bond donors (Lipinski definition) is 1. The van der Waals surface area contributed by atoms with Crippen LogP contribution in [0.3, 0.4) is 0 Å². The Kier molecular flexibility index (Phi) is 4.11. The highest BCUT2D eigenvalue weighted by molar-refractivity contribution is 9.10. The summed E-state index contributed by atoms with van der Waals surface area (Å²) in [6.45, 7) is 0.374. The van der Waals surface area contributed by atoms with Crippen LogP contribution in [-0.4, -0.2) is 34.6 Å². The van der Waals surface area contributed by atoms with Gasteiger partial charge >= 0.3 is 5.69 Å². The molecule has 10 heteroatoms. The molecular formula is C13H13BrN4O4S. The highest BCUT2D eigenvalue weighted by Crippen LogP contribution is 2.37. The molecular weight excluding hydrogens is 388 g/mol. The molecule has 0 spiro atoms. The number of anilines is 1. The van der Waals surface area contributed by atoms with E-state index >= 15 is 0 Å². The van der Waals surface area contributed by atoms with Gasteiger partial charge in [-0.05, 0) is 21.5 Å². The number of hydrogen-bond acceptors (Lipinski definition) is 6. The quantitative estimate of drug-likeness (QED) is 0.608. The number of nitrogens with one attached hydrogen (secondary N) is 1. The third-order valence-electron chi connectivity index (χ3n) is 3.57. The summed E-state index contributed by atoms with van der Waals surface area (Å²) in [7, 11) is -3.06. The molecule has 0 unspecified atom stereocenters. The van der Waals surface area contributed by atoms with Crippen molar-refractivity contribution in [3.05, 3.63) is 50.6 Å². The summed E-state index contributed by atoms with van der Waals surface area (Å²) >= 11 is 3.08. The molecule has 23 heavy (non-hydrogen) atoms. The third kappa shape index (κ3) is 3.22. The van der Waals surface area contributed by atoms with E-state index in [1.807, 2.05) is 30.3 Å². The number of nitrogens with zero attached hydrogens (tertiary/aromatic N) is 3. The summed E-state index contributed by atoms with van der Waals surface area (Å²) in [5.41, 5.74) is 0.761. The Balaban J connectivity index is 1.91. The molecule has 0 radical (unpaired) electrons. The minimum absolute atomic E-state index is 0.0573. The fourth-order valence-electron chi connectivity index (χ4n) is 2.45. The van der Waals surface area contributed by atoms with Crippen LogP contribution >= 0.6 is 15.9 Å². The highest BCUT2D eigenvalue weighted by atomic mass is 79.9. The van der Waals surface area contributed by atoms with Crippen molar-refractivity contribution in [3.8, 4) is 0 Å². The molecule has 2 aromatic rings. The summed E-state index contributed by atoms with van der Waals surface area (Å²) in [6, 6.07) is 9.02. The van der Waals surface area contributed by atoms with Crippen molar-refractivity contribution in [3.63, 3.8) is 0 Å². The normalized spacial score (nSPS) is 16.7. The molecule has 2 heterocycles. The van der Waals surface area contributed by atoms with E-state index in [9.17, 15) is 18.5 Å². The lowest BCUT2D eigenvalue weighted by molar-refractivity contribution is -0.384. The smallest absolute Gasteiger partial charge is 0.345 e. The lowest BCUT2D eigenvalue weighted by atomic mass is 10.2.